The third-order valence-electron chi connectivity index (χ3n) is 3.85. The Bertz CT molecular complexity index is 391. The highest BCUT2D eigenvalue weighted by Crippen LogP contribution is 2.34. The number of nitrogens with two attached hydrogens (primary N) is 1. The number of nitrogens with one attached hydrogen (secondary N) is 1. The molecule has 3 N–H and O–H groups in total. The highest BCUT2D eigenvalue weighted by atomic mass is 79.9. The van der Waals surface area contributed by atoms with Gasteiger partial charge in [-0.15, -0.1) is 0 Å². The fraction of sp³-hybridized carbons (Fsp3) is 0.571. The number of hydrogen-bond acceptors (Lipinski definition) is 2. The van der Waals surface area contributed by atoms with E-state index in [0.717, 1.165) is 12.0 Å². The van der Waals surface area contributed by atoms with E-state index in [2.05, 4.69) is 21.4 Å². The molecule has 0 amide bonds. The predicted molar refractivity (Wildman–Crippen MR) is 75.4 cm³/mol. The summed E-state index contributed by atoms with van der Waals surface area (Å²) >= 11 is 3.32. The zero-order chi connectivity index (χ0) is 13.0. The molecule has 1 saturated carbocycles. The van der Waals surface area contributed by atoms with Gasteiger partial charge in [0.05, 0.1) is 4.47 Å². The van der Waals surface area contributed by atoms with Crippen LogP contribution in [0.25, 0.3) is 0 Å². The molecule has 18 heavy (non-hydrogen) atoms. The number of rotatable bonds is 4. The lowest BCUT2D eigenvalue weighted by Gasteiger charge is -2.27. The van der Waals surface area contributed by atoms with Crippen LogP contribution in [0.3, 0.4) is 0 Å². The summed E-state index contributed by atoms with van der Waals surface area (Å²) in [6, 6.07) is 5.15. The molecule has 0 spiro atoms. The summed E-state index contributed by atoms with van der Waals surface area (Å²) < 4.78 is 14.1. The molecule has 1 aromatic rings. The van der Waals surface area contributed by atoms with E-state index in [9.17, 15) is 4.39 Å². The summed E-state index contributed by atoms with van der Waals surface area (Å²) in [5, 5.41) is 0. The van der Waals surface area contributed by atoms with E-state index in [4.69, 9.17) is 5.84 Å². The topological polar surface area (TPSA) is 38.0 Å². The molecule has 0 saturated heterocycles. The average molecular weight is 315 g/mol. The first kappa shape index (κ1) is 14.0. The molecule has 0 aromatic heterocycles. The maximum atomic E-state index is 13.5. The Morgan fingerprint density at radius 2 is 2.06 bits per heavy atom. The van der Waals surface area contributed by atoms with Gasteiger partial charge in [0.25, 0.3) is 0 Å². The Balaban J connectivity index is 2.09. The summed E-state index contributed by atoms with van der Waals surface area (Å²) in [4.78, 5) is 0. The monoisotopic (exact) mass is 314 g/mol. The SMILES string of the molecule is NNC(CC1CCCCC1)c1cccc(F)c1Br. The van der Waals surface area contributed by atoms with Crippen LogP contribution in [0.1, 0.15) is 50.1 Å². The normalized spacial score (nSPS) is 18.8. The molecule has 0 aliphatic heterocycles. The van der Waals surface area contributed by atoms with Gasteiger partial charge in [-0.3, -0.25) is 11.3 Å². The number of benzene rings is 1. The predicted octanol–water partition coefficient (Wildman–Crippen LogP) is 4.06. The van der Waals surface area contributed by atoms with Crippen LogP contribution in [0.2, 0.25) is 0 Å². The first-order chi connectivity index (χ1) is 8.72. The molecule has 0 heterocycles. The van der Waals surface area contributed by atoms with Gasteiger partial charge < -0.3 is 0 Å². The molecule has 100 valence electrons. The van der Waals surface area contributed by atoms with E-state index >= 15 is 0 Å². The highest BCUT2D eigenvalue weighted by Gasteiger charge is 2.21. The lowest BCUT2D eigenvalue weighted by molar-refractivity contribution is 0.300. The van der Waals surface area contributed by atoms with Crippen molar-refractivity contribution in [2.75, 3.05) is 0 Å². The fourth-order valence-corrected chi connectivity index (χ4v) is 3.37. The van der Waals surface area contributed by atoms with Crippen molar-refractivity contribution in [1.82, 2.24) is 5.43 Å². The molecule has 1 unspecified atom stereocenters. The van der Waals surface area contributed by atoms with Crippen molar-refractivity contribution in [3.05, 3.63) is 34.1 Å². The molecular weight excluding hydrogens is 295 g/mol. The Morgan fingerprint density at radius 1 is 1.33 bits per heavy atom. The van der Waals surface area contributed by atoms with Crippen molar-refractivity contribution in [2.45, 2.75) is 44.6 Å². The number of halogens is 2. The Labute approximate surface area is 116 Å². The molecule has 1 aliphatic rings. The van der Waals surface area contributed by atoms with E-state index in [1.165, 1.54) is 38.2 Å². The minimum Gasteiger partial charge on any atom is -0.271 e. The van der Waals surface area contributed by atoms with E-state index in [0.29, 0.717) is 10.4 Å². The molecule has 0 radical (unpaired) electrons. The van der Waals surface area contributed by atoms with Crippen molar-refractivity contribution >= 4 is 15.9 Å². The Kier molecular flexibility index (Phi) is 5.15. The van der Waals surface area contributed by atoms with Crippen molar-refractivity contribution < 1.29 is 4.39 Å². The summed E-state index contributed by atoms with van der Waals surface area (Å²) in [5.41, 5.74) is 3.76. The smallest absolute Gasteiger partial charge is 0.137 e. The molecular formula is C14H20BrFN2. The van der Waals surface area contributed by atoms with Crippen LogP contribution in [-0.4, -0.2) is 0 Å². The highest BCUT2D eigenvalue weighted by molar-refractivity contribution is 9.10. The largest absolute Gasteiger partial charge is 0.271 e. The minimum absolute atomic E-state index is 0.0261. The Morgan fingerprint density at radius 3 is 2.72 bits per heavy atom. The van der Waals surface area contributed by atoms with Gasteiger partial charge in [-0.25, -0.2) is 4.39 Å². The van der Waals surface area contributed by atoms with Crippen molar-refractivity contribution in [2.24, 2.45) is 11.8 Å². The van der Waals surface area contributed by atoms with Crippen LogP contribution in [0.5, 0.6) is 0 Å². The van der Waals surface area contributed by atoms with Crippen LogP contribution in [0, 0.1) is 11.7 Å². The van der Waals surface area contributed by atoms with Gasteiger partial charge in [-0.05, 0) is 39.9 Å². The standard InChI is InChI=1S/C14H20BrFN2/c15-14-11(7-4-8-12(14)16)13(18-17)9-10-5-2-1-3-6-10/h4,7-8,10,13,18H,1-3,5-6,9,17H2. The van der Waals surface area contributed by atoms with Gasteiger partial charge in [-0.2, -0.15) is 0 Å². The van der Waals surface area contributed by atoms with Gasteiger partial charge in [-0.1, -0.05) is 44.2 Å². The summed E-state index contributed by atoms with van der Waals surface area (Å²) in [5.74, 6) is 6.13. The maximum absolute atomic E-state index is 13.5. The third-order valence-corrected chi connectivity index (χ3v) is 4.69. The van der Waals surface area contributed by atoms with Gasteiger partial charge in [0.15, 0.2) is 0 Å². The van der Waals surface area contributed by atoms with Crippen molar-refractivity contribution in [3.8, 4) is 0 Å². The van der Waals surface area contributed by atoms with Crippen LogP contribution >= 0.6 is 15.9 Å². The van der Waals surface area contributed by atoms with Gasteiger partial charge >= 0.3 is 0 Å². The lowest BCUT2D eigenvalue weighted by Crippen LogP contribution is -2.30. The second-order valence-corrected chi connectivity index (χ2v) is 5.90. The average Bonchev–Trinajstić information content (AvgIpc) is 2.41. The lowest BCUT2D eigenvalue weighted by atomic mass is 9.83. The quantitative estimate of drug-likeness (QED) is 0.649. The van der Waals surface area contributed by atoms with Crippen molar-refractivity contribution in [3.63, 3.8) is 0 Å². The van der Waals surface area contributed by atoms with Crippen LogP contribution in [-0.2, 0) is 0 Å². The van der Waals surface area contributed by atoms with E-state index < -0.39 is 0 Å². The van der Waals surface area contributed by atoms with E-state index in [1.807, 2.05) is 6.07 Å². The molecule has 1 fully saturated rings. The van der Waals surface area contributed by atoms with Crippen LogP contribution in [0.15, 0.2) is 22.7 Å². The zero-order valence-corrected chi connectivity index (χ0v) is 12.0. The second-order valence-electron chi connectivity index (χ2n) is 5.10. The maximum Gasteiger partial charge on any atom is 0.137 e. The molecule has 4 heteroatoms. The van der Waals surface area contributed by atoms with Crippen LogP contribution < -0.4 is 11.3 Å². The first-order valence-electron chi connectivity index (χ1n) is 6.62. The van der Waals surface area contributed by atoms with E-state index in [1.54, 1.807) is 6.07 Å². The first-order valence-corrected chi connectivity index (χ1v) is 7.41. The summed E-state index contributed by atoms with van der Waals surface area (Å²) in [7, 11) is 0. The molecule has 0 bridgehead atoms. The fourth-order valence-electron chi connectivity index (χ4n) is 2.83. The molecule has 1 atom stereocenters. The second kappa shape index (κ2) is 6.64. The van der Waals surface area contributed by atoms with Crippen molar-refractivity contribution in [1.29, 1.82) is 0 Å². The third kappa shape index (κ3) is 3.31. The zero-order valence-electron chi connectivity index (χ0n) is 10.5. The van der Waals surface area contributed by atoms with Gasteiger partial charge in [0, 0.05) is 6.04 Å². The summed E-state index contributed by atoms with van der Waals surface area (Å²) in [6.07, 6.45) is 7.49. The molecule has 1 aromatic carbocycles. The Hall–Kier alpha value is -0.450. The summed E-state index contributed by atoms with van der Waals surface area (Å²) in [6.45, 7) is 0. The molecule has 1 aliphatic carbocycles. The van der Waals surface area contributed by atoms with Gasteiger partial charge in [0.1, 0.15) is 5.82 Å². The van der Waals surface area contributed by atoms with Gasteiger partial charge in [0.2, 0.25) is 0 Å². The molecule has 2 nitrogen and oxygen atoms in total. The van der Waals surface area contributed by atoms with E-state index in [-0.39, 0.29) is 11.9 Å². The van der Waals surface area contributed by atoms with Crippen LogP contribution in [0.4, 0.5) is 4.39 Å². The minimum atomic E-state index is -0.226. The number of hydrogen-bond donors (Lipinski definition) is 2. The molecule has 2 rings (SSSR count). The number of hydrazine groups is 1.